The van der Waals surface area contributed by atoms with Crippen molar-refractivity contribution in [2.45, 2.75) is 37.2 Å². The van der Waals surface area contributed by atoms with E-state index in [9.17, 15) is 0 Å². The van der Waals surface area contributed by atoms with E-state index in [1.165, 1.54) is 11.1 Å². The number of piperidine rings is 1. The molecule has 2 saturated heterocycles. The van der Waals surface area contributed by atoms with Gasteiger partial charge in [0.15, 0.2) is 0 Å². The molecule has 1 atom stereocenters. The highest BCUT2D eigenvalue weighted by atomic mass is 16.5. The second-order valence-electron chi connectivity index (χ2n) is 7.14. The molecule has 0 aliphatic carbocycles. The number of hydrogen-bond acceptors (Lipinski definition) is 4. The Balaban J connectivity index is 1.28. The number of rotatable bonds is 4. The Labute approximate surface area is 143 Å². The maximum Gasteiger partial charge on any atom is 0.115 e. The first-order valence-corrected chi connectivity index (χ1v) is 8.98. The first-order valence-electron chi connectivity index (χ1n) is 8.98. The smallest absolute Gasteiger partial charge is 0.115 e. The van der Waals surface area contributed by atoms with Gasteiger partial charge in [-0.3, -0.25) is 0 Å². The molecule has 4 nitrogen and oxygen atoms in total. The summed E-state index contributed by atoms with van der Waals surface area (Å²) in [5, 5.41) is 0. The molecule has 2 fully saturated rings. The van der Waals surface area contributed by atoms with Crippen LogP contribution in [-0.2, 0) is 11.2 Å². The average Bonchev–Trinajstić information content (AvgIpc) is 3.07. The summed E-state index contributed by atoms with van der Waals surface area (Å²) < 4.78 is 6.28. The fourth-order valence-corrected chi connectivity index (χ4v) is 4.04. The third-order valence-corrected chi connectivity index (χ3v) is 5.59. The topological polar surface area (TPSA) is 38.2 Å². The molecule has 4 heteroatoms. The van der Waals surface area contributed by atoms with Crippen LogP contribution in [0.3, 0.4) is 0 Å². The van der Waals surface area contributed by atoms with Crippen LogP contribution in [0.2, 0.25) is 0 Å². The predicted octanol–water partition coefficient (Wildman–Crippen LogP) is 3.06. The Kier molecular flexibility index (Phi) is 4.58. The monoisotopic (exact) mass is 323 g/mol. The Hall–Kier alpha value is -1.78. The molecule has 0 radical (unpaired) electrons. The van der Waals surface area contributed by atoms with Crippen molar-refractivity contribution < 1.29 is 4.74 Å². The van der Waals surface area contributed by atoms with E-state index >= 15 is 0 Å². The fourth-order valence-electron chi connectivity index (χ4n) is 4.04. The first kappa shape index (κ1) is 15.7. The van der Waals surface area contributed by atoms with Crippen molar-refractivity contribution in [1.82, 2.24) is 14.9 Å². The molecular weight excluding hydrogens is 298 g/mol. The zero-order chi connectivity index (χ0) is 16.2. The summed E-state index contributed by atoms with van der Waals surface area (Å²) in [6.45, 7) is 4.25. The van der Waals surface area contributed by atoms with Crippen LogP contribution >= 0.6 is 0 Å². The van der Waals surface area contributed by atoms with Gasteiger partial charge >= 0.3 is 0 Å². The second kappa shape index (κ2) is 6.99. The molecule has 2 aromatic rings. The molecule has 0 amide bonds. The van der Waals surface area contributed by atoms with Crippen molar-refractivity contribution in [1.29, 1.82) is 0 Å². The van der Waals surface area contributed by atoms with Crippen molar-refractivity contribution >= 4 is 0 Å². The van der Waals surface area contributed by atoms with Gasteiger partial charge in [-0.1, -0.05) is 30.3 Å². The molecule has 1 aromatic heterocycles. The number of aromatic nitrogens is 2. The van der Waals surface area contributed by atoms with Crippen LogP contribution < -0.4 is 0 Å². The molecule has 1 aromatic carbocycles. The first-order chi connectivity index (χ1) is 11.8. The molecule has 0 unspecified atom stereocenters. The van der Waals surface area contributed by atoms with Crippen LogP contribution in [0.1, 0.15) is 36.3 Å². The van der Waals surface area contributed by atoms with Crippen LogP contribution in [0.5, 0.6) is 0 Å². The van der Waals surface area contributed by atoms with E-state index in [2.05, 4.69) is 45.2 Å². The molecule has 0 bridgehead atoms. The molecule has 2 aliphatic heterocycles. The van der Waals surface area contributed by atoms with Crippen molar-refractivity contribution in [3.05, 3.63) is 60.2 Å². The average molecular weight is 323 g/mol. The van der Waals surface area contributed by atoms with Crippen LogP contribution in [0.25, 0.3) is 0 Å². The number of hydrogen-bond donors (Lipinski definition) is 0. The minimum absolute atomic E-state index is 0.0871. The minimum atomic E-state index is 0.0871. The molecule has 0 N–H and O–H groups in total. The number of nitrogens with zero attached hydrogens (tertiary/aromatic N) is 3. The van der Waals surface area contributed by atoms with E-state index in [0.717, 1.165) is 51.9 Å². The molecule has 0 saturated carbocycles. The lowest BCUT2D eigenvalue weighted by molar-refractivity contribution is -0.0431. The van der Waals surface area contributed by atoms with Gasteiger partial charge in [0.2, 0.25) is 0 Å². The van der Waals surface area contributed by atoms with Crippen LogP contribution in [0, 0.1) is 0 Å². The quantitative estimate of drug-likeness (QED) is 0.867. The third-order valence-electron chi connectivity index (χ3n) is 5.59. The van der Waals surface area contributed by atoms with E-state index in [1.807, 2.05) is 12.4 Å². The number of ether oxygens (including phenoxy) is 1. The van der Waals surface area contributed by atoms with Crippen molar-refractivity contribution in [2.75, 3.05) is 26.2 Å². The normalized spacial score (nSPS) is 23.6. The Bertz CT molecular complexity index is 638. The highest BCUT2D eigenvalue weighted by molar-refractivity contribution is 5.16. The molecule has 4 rings (SSSR count). The van der Waals surface area contributed by atoms with Gasteiger partial charge in [-0.2, -0.15) is 0 Å². The zero-order valence-corrected chi connectivity index (χ0v) is 14.1. The summed E-state index contributed by atoms with van der Waals surface area (Å²) in [6, 6.07) is 10.8. The van der Waals surface area contributed by atoms with Gasteiger partial charge < -0.3 is 9.64 Å². The highest BCUT2D eigenvalue weighted by Crippen LogP contribution is 2.42. The fraction of sp³-hybridized carbons (Fsp3) is 0.500. The van der Waals surface area contributed by atoms with Gasteiger partial charge in [-0.25, -0.2) is 9.97 Å². The summed E-state index contributed by atoms with van der Waals surface area (Å²) >= 11 is 0. The van der Waals surface area contributed by atoms with Gasteiger partial charge in [-0.15, -0.1) is 0 Å². The van der Waals surface area contributed by atoms with Crippen LogP contribution in [0.15, 0.2) is 49.1 Å². The van der Waals surface area contributed by atoms with E-state index in [4.69, 9.17) is 4.74 Å². The van der Waals surface area contributed by atoms with E-state index in [1.54, 1.807) is 6.33 Å². The molecule has 126 valence electrons. The minimum Gasteiger partial charge on any atom is -0.374 e. The number of likely N-dealkylation sites (tertiary alicyclic amines) is 1. The van der Waals surface area contributed by atoms with Gasteiger partial charge in [0.05, 0.1) is 12.2 Å². The predicted molar refractivity (Wildman–Crippen MR) is 93.9 cm³/mol. The van der Waals surface area contributed by atoms with Gasteiger partial charge in [0.25, 0.3) is 0 Å². The maximum absolute atomic E-state index is 6.28. The van der Waals surface area contributed by atoms with Crippen molar-refractivity contribution in [2.24, 2.45) is 0 Å². The SMILES string of the molecule is c1ccc(CCN2CCC3(CC2)C[C@@H](c2cncnc2)CO3)cc1. The molecule has 3 heterocycles. The summed E-state index contributed by atoms with van der Waals surface area (Å²) in [4.78, 5) is 10.9. The van der Waals surface area contributed by atoms with Crippen molar-refractivity contribution in [3.63, 3.8) is 0 Å². The van der Waals surface area contributed by atoms with Gasteiger partial charge in [0.1, 0.15) is 6.33 Å². The summed E-state index contributed by atoms with van der Waals surface area (Å²) in [5.41, 5.74) is 2.74. The Morgan fingerprint density at radius 2 is 1.83 bits per heavy atom. The van der Waals surface area contributed by atoms with Crippen molar-refractivity contribution in [3.8, 4) is 0 Å². The lowest BCUT2D eigenvalue weighted by Gasteiger charge is -2.38. The van der Waals surface area contributed by atoms with Crippen LogP contribution in [0.4, 0.5) is 0 Å². The highest BCUT2D eigenvalue weighted by Gasteiger charge is 2.43. The lowest BCUT2D eigenvalue weighted by Crippen LogP contribution is -2.44. The molecule has 24 heavy (non-hydrogen) atoms. The van der Waals surface area contributed by atoms with E-state index in [-0.39, 0.29) is 5.60 Å². The number of benzene rings is 1. The van der Waals surface area contributed by atoms with Gasteiger partial charge in [0, 0.05) is 37.9 Å². The summed E-state index contributed by atoms with van der Waals surface area (Å²) in [7, 11) is 0. The summed E-state index contributed by atoms with van der Waals surface area (Å²) in [5.74, 6) is 0.460. The lowest BCUT2D eigenvalue weighted by atomic mass is 9.83. The van der Waals surface area contributed by atoms with Gasteiger partial charge in [-0.05, 0) is 36.8 Å². The molecule has 2 aliphatic rings. The van der Waals surface area contributed by atoms with Crippen LogP contribution in [-0.4, -0.2) is 46.7 Å². The molecule has 1 spiro atoms. The van der Waals surface area contributed by atoms with E-state index in [0.29, 0.717) is 5.92 Å². The van der Waals surface area contributed by atoms with E-state index < -0.39 is 0 Å². The zero-order valence-electron chi connectivity index (χ0n) is 14.1. The second-order valence-corrected chi connectivity index (χ2v) is 7.14. The standard InChI is InChI=1S/C20H25N3O/c1-2-4-17(5-3-1)6-9-23-10-7-20(8-11-23)12-18(15-24-20)19-13-21-16-22-14-19/h1-5,13-14,16,18H,6-12,15H2/t18-/m1/s1. The molecular formula is C20H25N3O. The third kappa shape index (κ3) is 3.50. The Morgan fingerprint density at radius 3 is 2.58 bits per heavy atom. The Morgan fingerprint density at radius 1 is 1.08 bits per heavy atom. The summed E-state index contributed by atoms with van der Waals surface area (Å²) in [6.07, 6.45) is 10.0. The maximum atomic E-state index is 6.28. The largest absolute Gasteiger partial charge is 0.374 e.